The van der Waals surface area contributed by atoms with Gasteiger partial charge in [0.15, 0.2) is 12.4 Å². The fourth-order valence-electron chi connectivity index (χ4n) is 8.86. The molecule has 0 saturated heterocycles. The van der Waals surface area contributed by atoms with Gasteiger partial charge in [0.25, 0.3) is 0 Å². The van der Waals surface area contributed by atoms with E-state index >= 15 is 0 Å². The Bertz CT molecular complexity index is 1400. The number of para-hydroxylation sites is 1. The Labute approximate surface area is 265 Å². The van der Waals surface area contributed by atoms with Gasteiger partial charge in [-0.25, -0.2) is 9.59 Å². The van der Waals surface area contributed by atoms with Gasteiger partial charge in [-0.15, -0.1) is 0 Å². The highest BCUT2D eigenvalue weighted by Crippen LogP contribution is 2.71. The molecular formula is C36H48O9. The van der Waals surface area contributed by atoms with Gasteiger partial charge in [-0.05, 0) is 82.8 Å². The molecular weight excluding hydrogens is 576 g/mol. The highest BCUT2D eigenvalue weighted by atomic mass is 16.6. The van der Waals surface area contributed by atoms with Crippen LogP contribution in [0.4, 0.5) is 0 Å². The van der Waals surface area contributed by atoms with Crippen LogP contribution in [0.5, 0.6) is 5.75 Å². The van der Waals surface area contributed by atoms with Gasteiger partial charge in [-0.3, -0.25) is 4.79 Å². The van der Waals surface area contributed by atoms with Crippen molar-refractivity contribution in [3.05, 3.63) is 53.6 Å². The van der Waals surface area contributed by atoms with Crippen LogP contribution < -0.4 is 4.74 Å². The lowest BCUT2D eigenvalue weighted by atomic mass is 9.42. The molecule has 4 aliphatic rings. The lowest BCUT2D eigenvalue weighted by molar-refractivity contribution is -0.314. The van der Waals surface area contributed by atoms with Gasteiger partial charge in [0, 0.05) is 18.4 Å². The molecule has 3 saturated carbocycles. The van der Waals surface area contributed by atoms with Crippen molar-refractivity contribution in [2.75, 3.05) is 6.61 Å². The number of rotatable bonds is 8. The van der Waals surface area contributed by atoms with Crippen LogP contribution in [-0.2, 0) is 23.9 Å². The predicted octanol–water partition coefficient (Wildman–Crippen LogP) is 4.61. The van der Waals surface area contributed by atoms with Crippen LogP contribution in [0.2, 0.25) is 0 Å². The van der Waals surface area contributed by atoms with Crippen LogP contribution in [0.15, 0.2) is 53.6 Å². The lowest BCUT2D eigenvalue weighted by Gasteiger charge is -2.67. The third kappa shape index (κ3) is 5.15. The molecule has 5 rings (SSSR count). The van der Waals surface area contributed by atoms with Crippen molar-refractivity contribution in [1.29, 1.82) is 0 Å². The van der Waals surface area contributed by atoms with E-state index in [-0.39, 0.29) is 44.3 Å². The summed E-state index contributed by atoms with van der Waals surface area (Å²) >= 11 is 0. The highest BCUT2D eigenvalue weighted by Gasteiger charge is 2.81. The number of carbonyl (C=O) groups is 3. The summed E-state index contributed by atoms with van der Waals surface area (Å²) < 4.78 is 17.4. The van der Waals surface area contributed by atoms with Crippen LogP contribution in [0, 0.1) is 22.7 Å². The zero-order valence-corrected chi connectivity index (χ0v) is 27.3. The fraction of sp³-hybridized carbons (Fsp3) is 0.639. The van der Waals surface area contributed by atoms with Crippen LogP contribution in [-0.4, -0.2) is 68.7 Å². The molecule has 9 nitrogen and oxygen atoms in total. The highest BCUT2D eigenvalue weighted by molar-refractivity contribution is 5.87. The third-order valence-corrected chi connectivity index (χ3v) is 12.0. The summed E-state index contributed by atoms with van der Waals surface area (Å²) in [5, 5.41) is 37.1. The van der Waals surface area contributed by atoms with Crippen molar-refractivity contribution < 1.29 is 43.9 Å². The van der Waals surface area contributed by atoms with E-state index in [4.69, 9.17) is 14.2 Å². The molecule has 0 heterocycles. The Kier molecular flexibility index (Phi) is 8.64. The van der Waals surface area contributed by atoms with E-state index < -0.39 is 57.4 Å². The Morgan fingerprint density at radius 3 is 2.33 bits per heavy atom. The number of ketones is 1. The van der Waals surface area contributed by atoms with Crippen molar-refractivity contribution in [3.8, 4) is 5.75 Å². The number of Topliss-reactive ketones (excluding diaryl/α,β-unsaturated/α-hetero) is 1. The van der Waals surface area contributed by atoms with Crippen molar-refractivity contribution >= 4 is 17.7 Å². The largest absolute Gasteiger partial charge is 0.482 e. The standard InChI is InChI=1S/C36H48O9/c1-22(2)23(3)18-30(38)45-29-20-28-32(5)14-13-27(44-31(39)21-43-26-10-8-7-9-11-26)19-25(32)12-15-35(28,41)36(42)17-16-34(40,24(4)37)33(29,36)6/h7-12,18,22,27-29,40-42H,13-17,19-21H2,1-6H3/b23-18+/t27-,28?,29+,32-,33+,34+,35-,36+/m0/s1. The summed E-state index contributed by atoms with van der Waals surface area (Å²) in [6, 6.07) is 9.05. The molecule has 0 bridgehead atoms. The number of esters is 2. The number of hydrogen-bond acceptors (Lipinski definition) is 9. The van der Waals surface area contributed by atoms with E-state index in [1.54, 1.807) is 19.1 Å². The molecule has 1 unspecified atom stereocenters. The molecule has 45 heavy (non-hydrogen) atoms. The zero-order valence-electron chi connectivity index (χ0n) is 27.3. The maximum atomic E-state index is 13.3. The quantitative estimate of drug-likeness (QED) is 0.215. The number of benzene rings is 1. The Balaban J connectivity index is 1.43. The van der Waals surface area contributed by atoms with Crippen LogP contribution in [0.1, 0.15) is 86.5 Å². The second-order valence-electron chi connectivity index (χ2n) is 14.5. The van der Waals surface area contributed by atoms with Crippen LogP contribution in [0.3, 0.4) is 0 Å². The Morgan fingerprint density at radius 2 is 1.69 bits per heavy atom. The van der Waals surface area contributed by atoms with Gasteiger partial charge in [0.2, 0.25) is 0 Å². The molecule has 9 heteroatoms. The van der Waals surface area contributed by atoms with E-state index in [2.05, 4.69) is 0 Å². The summed E-state index contributed by atoms with van der Waals surface area (Å²) in [6.45, 7) is 10.5. The molecule has 0 amide bonds. The molecule has 3 N–H and O–H groups in total. The first-order valence-electron chi connectivity index (χ1n) is 16.2. The Hall–Kier alpha value is -3.01. The Morgan fingerprint density at radius 1 is 1.00 bits per heavy atom. The average molecular weight is 625 g/mol. The smallest absolute Gasteiger partial charge is 0.344 e. The zero-order chi connectivity index (χ0) is 33.0. The van der Waals surface area contributed by atoms with Gasteiger partial charge >= 0.3 is 11.9 Å². The molecule has 3 fully saturated rings. The van der Waals surface area contributed by atoms with Gasteiger partial charge in [-0.2, -0.15) is 0 Å². The summed E-state index contributed by atoms with van der Waals surface area (Å²) in [7, 11) is 0. The number of fused-ring (bicyclic) bond motifs is 5. The molecule has 0 radical (unpaired) electrons. The van der Waals surface area contributed by atoms with E-state index in [0.717, 1.165) is 11.1 Å². The monoisotopic (exact) mass is 624 g/mol. The third-order valence-electron chi connectivity index (χ3n) is 12.0. The fourth-order valence-corrected chi connectivity index (χ4v) is 8.86. The van der Waals surface area contributed by atoms with E-state index in [1.807, 2.05) is 52.0 Å². The van der Waals surface area contributed by atoms with Crippen molar-refractivity contribution in [1.82, 2.24) is 0 Å². The summed E-state index contributed by atoms with van der Waals surface area (Å²) in [4.78, 5) is 38.9. The minimum Gasteiger partial charge on any atom is -0.482 e. The van der Waals surface area contributed by atoms with Gasteiger partial charge in [-0.1, -0.05) is 56.2 Å². The normalized spacial score (nSPS) is 39.2. The first kappa shape index (κ1) is 33.4. The minimum atomic E-state index is -2.00. The summed E-state index contributed by atoms with van der Waals surface area (Å²) in [5.41, 5.74) is -6.05. The second kappa shape index (κ2) is 11.7. The first-order valence-corrected chi connectivity index (χ1v) is 16.2. The summed E-state index contributed by atoms with van der Waals surface area (Å²) in [5.74, 6) is -1.47. The predicted molar refractivity (Wildman–Crippen MR) is 166 cm³/mol. The number of carbonyl (C=O) groups excluding carboxylic acids is 3. The van der Waals surface area contributed by atoms with E-state index in [0.29, 0.717) is 25.0 Å². The molecule has 4 aliphatic carbocycles. The maximum Gasteiger partial charge on any atom is 0.344 e. The number of hydrogen-bond donors (Lipinski definition) is 3. The number of aliphatic hydroxyl groups is 3. The van der Waals surface area contributed by atoms with Crippen LogP contribution in [0.25, 0.3) is 0 Å². The summed E-state index contributed by atoms with van der Waals surface area (Å²) in [6.07, 6.45) is 3.65. The van der Waals surface area contributed by atoms with Gasteiger partial charge < -0.3 is 29.5 Å². The molecule has 0 spiro atoms. The van der Waals surface area contributed by atoms with Crippen LogP contribution >= 0.6 is 0 Å². The minimum absolute atomic E-state index is 0.0254. The lowest BCUT2D eigenvalue weighted by Crippen LogP contribution is -2.78. The van der Waals surface area contributed by atoms with Crippen molar-refractivity contribution in [3.63, 3.8) is 0 Å². The average Bonchev–Trinajstić information content (AvgIpc) is 3.22. The molecule has 1 aromatic rings. The molecule has 8 atom stereocenters. The van der Waals surface area contributed by atoms with Crippen molar-refractivity contribution in [2.45, 2.75) is 115 Å². The first-order chi connectivity index (χ1) is 21.0. The molecule has 246 valence electrons. The SMILES string of the molecule is CC(=O)[C@]1(O)CC[C@@]2(O)[C@]1(C)[C@H](OC(=O)/C=C(\C)C(C)C)CC1[C@@]3(C)CC[C@H](OC(=O)COc4ccccc4)CC3=CC[C@]12O. The molecule has 0 aliphatic heterocycles. The second-order valence-corrected chi connectivity index (χ2v) is 14.5. The van der Waals surface area contributed by atoms with E-state index in [1.165, 1.54) is 13.0 Å². The van der Waals surface area contributed by atoms with E-state index in [9.17, 15) is 29.7 Å². The molecule has 1 aromatic carbocycles. The van der Waals surface area contributed by atoms with Crippen molar-refractivity contribution in [2.24, 2.45) is 22.7 Å². The number of ether oxygens (including phenoxy) is 3. The number of allylic oxidation sites excluding steroid dienone is 1. The van der Waals surface area contributed by atoms with Gasteiger partial charge in [0.05, 0.1) is 5.41 Å². The van der Waals surface area contributed by atoms with Gasteiger partial charge in [0.1, 0.15) is 34.8 Å². The maximum absolute atomic E-state index is 13.3. The topological polar surface area (TPSA) is 140 Å². The molecule has 0 aromatic heterocycles.